The maximum atomic E-state index is 16.2. The smallest absolute Gasteiger partial charge is 0.355 e. The number of hydrogen-bond donors (Lipinski definition) is 3. The van der Waals surface area contributed by atoms with Crippen LogP contribution in [-0.2, 0) is 14.4 Å². The van der Waals surface area contributed by atoms with E-state index in [1.54, 1.807) is 79.8 Å². The maximum absolute atomic E-state index is 16.2. The van der Waals surface area contributed by atoms with E-state index in [1.807, 2.05) is 67.2 Å². The van der Waals surface area contributed by atoms with Crippen molar-refractivity contribution in [3.05, 3.63) is 253 Å². The number of carbonyl (C=O) groups excluding carboxylic acids is 4. The summed E-state index contributed by atoms with van der Waals surface area (Å²) in [5.74, 6) is -9.42. The van der Waals surface area contributed by atoms with Gasteiger partial charge in [-0.3, -0.25) is 34.1 Å². The SMILES string of the molecule is C=CC(=O)N1CC(C)N(c2nc(=O)n(-c3c(C)ccnc3C(C)C)c3nc(-c4ccccc4C(=O)NC)c(F)cc23)CC1C.[2H]C1([2H])CN(C(=O)C=C)CC([2H])([2H])N1c1nc(=O)n(-c2c(C)ccnc2C(C)C)c2nc(-c3c(O)cccc3F)c(F)cc12.[2H]C1([2H])CN(c2nc(=O)n(-c3c(C)ccnc3C(C)C)c3nc(-c4c(O)cccc4F)c(F)cc23)CC([2H])([2H])N1C(=O)C=C. The fourth-order valence-electron chi connectivity index (χ4n) is 15.0. The van der Waals surface area contributed by atoms with Crippen molar-refractivity contribution in [2.75, 3.05) is 87.0 Å². The third kappa shape index (κ3) is 16.7. The average Bonchev–Trinajstić information content (AvgIpc) is 0.720. The largest absolute Gasteiger partial charge is 0.507 e. The van der Waals surface area contributed by atoms with Crippen molar-refractivity contribution in [1.29, 1.82) is 0 Å². The number of halogens is 5. The lowest BCUT2D eigenvalue weighted by Gasteiger charge is -2.44. The lowest BCUT2D eigenvalue weighted by atomic mass is 10.0. The highest BCUT2D eigenvalue weighted by molar-refractivity contribution is 6.02. The minimum atomic E-state index is -2.65. The first-order valence-corrected chi connectivity index (χ1v) is 39.3. The molecule has 0 saturated carbocycles. The molecule has 12 heterocycles. The van der Waals surface area contributed by atoms with Gasteiger partial charge in [0.05, 0.1) is 72.4 Å². The number of aromatic hydroxyl groups is 2. The van der Waals surface area contributed by atoms with Gasteiger partial charge in [-0.1, -0.05) is 91.6 Å². The number of phenolic OH excluding ortho intramolecular Hbond substituents is 2. The third-order valence-corrected chi connectivity index (χ3v) is 21.1. The monoisotopic (exact) mass is 1700 g/mol. The van der Waals surface area contributed by atoms with Gasteiger partial charge in [-0.25, -0.2) is 65.0 Å². The van der Waals surface area contributed by atoms with Crippen LogP contribution in [0.25, 0.3) is 83.9 Å². The van der Waals surface area contributed by atoms with Gasteiger partial charge in [0.25, 0.3) is 5.91 Å². The molecule has 3 aliphatic rings. The summed E-state index contributed by atoms with van der Waals surface area (Å²) < 4.78 is 150. The lowest BCUT2D eigenvalue weighted by Crippen LogP contribution is -2.58. The molecule has 4 amide bonds. The summed E-state index contributed by atoms with van der Waals surface area (Å²) >= 11 is 0. The van der Waals surface area contributed by atoms with Crippen LogP contribution in [0, 0.1) is 49.9 Å². The number of aromatic nitrogens is 12. The van der Waals surface area contributed by atoms with Gasteiger partial charge in [0, 0.05) is 114 Å². The second-order valence-corrected chi connectivity index (χ2v) is 30.3. The summed E-state index contributed by atoms with van der Waals surface area (Å²) in [6, 6.07) is 21.1. The Labute approximate surface area is 721 Å². The number of hydrogen-bond acceptors (Lipinski definition) is 21. The van der Waals surface area contributed by atoms with Crippen molar-refractivity contribution in [1.82, 2.24) is 78.6 Å². The molecule has 0 aliphatic carbocycles. The van der Waals surface area contributed by atoms with Crippen molar-refractivity contribution in [2.45, 2.75) is 106 Å². The van der Waals surface area contributed by atoms with E-state index in [0.29, 0.717) is 67.9 Å². The molecule has 640 valence electrons. The highest BCUT2D eigenvalue weighted by atomic mass is 19.1. The molecular weight excluding hydrogens is 1600 g/mol. The third-order valence-electron chi connectivity index (χ3n) is 21.1. The molecule has 3 aromatic carbocycles. The number of benzene rings is 3. The summed E-state index contributed by atoms with van der Waals surface area (Å²) in [6.07, 6.45) is 7.81. The van der Waals surface area contributed by atoms with Gasteiger partial charge in [-0.15, -0.1) is 0 Å². The average molecular weight is 1700 g/mol. The number of fused-ring (bicyclic) bond motifs is 3. The Kier molecular flexibility index (Phi) is 22.5. The zero-order valence-corrected chi connectivity index (χ0v) is 69.6. The van der Waals surface area contributed by atoms with Crippen LogP contribution in [0.4, 0.5) is 39.4 Å². The molecule has 3 N–H and O–H groups in total. The minimum Gasteiger partial charge on any atom is -0.507 e. The van der Waals surface area contributed by atoms with Gasteiger partial charge >= 0.3 is 17.1 Å². The normalized spacial score (nSPS) is 17.4. The summed E-state index contributed by atoms with van der Waals surface area (Å²) in [5, 5.41) is 23.4. The molecular formula is C91H92F5N19O9. The molecule has 3 saturated heterocycles. The van der Waals surface area contributed by atoms with Crippen LogP contribution >= 0.6 is 0 Å². The van der Waals surface area contributed by atoms with E-state index in [0.717, 1.165) is 73.0 Å². The number of piperazine rings is 3. The van der Waals surface area contributed by atoms with Crippen LogP contribution in [-0.4, -0.2) is 191 Å². The number of phenols is 2. The standard InChI is InChI=1S/C33H36FN7O3.2C29H28F2N6O3/c1-8-26(42)39-16-21(6)40(17-20(39)5)30-24-15-25(34)28(22-11-9-10-12-23(22)32(43)35-7)37-31(24)41(33(44)38-30)29-19(4)13-14-36-27(29)18(2)3;2*1-5-22(39)35-11-13-36(14-12-35)27-18-15-20(31)25(23-19(30)7-6-8-21(23)38)33-28(18)37(29(40)34-27)26-17(4)9-10-32-24(26)16(2)3/h8-15,18,20-21H,1,16-17H2,2-7H3,(H,35,43);2*5-10,15-16,38H,1,11-14H2,2-4H3/i;13D2,14D2;11D2,12D2. The van der Waals surface area contributed by atoms with Gasteiger partial charge < -0.3 is 44.9 Å². The van der Waals surface area contributed by atoms with E-state index in [9.17, 15) is 52.6 Å². The zero-order chi connectivity index (χ0) is 96.5. The quantitative estimate of drug-likeness (QED) is 0.0597. The van der Waals surface area contributed by atoms with E-state index in [-0.39, 0.29) is 97.6 Å². The van der Waals surface area contributed by atoms with Gasteiger partial charge in [0.2, 0.25) is 17.7 Å². The van der Waals surface area contributed by atoms with Crippen LogP contribution in [0.15, 0.2) is 168 Å². The Morgan fingerprint density at radius 2 is 0.871 bits per heavy atom. The minimum absolute atomic E-state index is 0.0447. The van der Waals surface area contributed by atoms with Crippen LogP contribution < -0.4 is 37.1 Å². The number of nitrogens with zero attached hydrogens (tertiary/aromatic N) is 18. The molecule has 0 spiro atoms. The van der Waals surface area contributed by atoms with Crippen molar-refractivity contribution >= 4 is 74.2 Å². The Balaban J connectivity index is 0.000000168. The second-order valence-electron chi connectivity index (χ2n) is 30.3. The Hall–Kier alpha value is -14.3. The summed E-state index contributed by atoms with van der Waals surface area (Å²) in [5.41, 5.74) is -0.180. The number of amides is 4. The molecule has 12 aromatic rings. The predicted octanol–water partition coefficient (Wildman–Crippen LogP) is 12.6. The highest BCUT2D eigenvalue weighted by Gasteiger charge is 2.37. The summed E-state index contributed by atoms with van der Waals surface area (Å²) in [4.78, 5) is 138. The lowest BCUT2D eigenvalue weighted by molar-refractivity contribution is -0.129. The van der Waals surface area contributed by atoms with Gasteiger partial charge in [0.15, 0.2) is 28.6 Å². The summed E-state index contributed by atoms with van der Waals surface area (Å²) in [6.45, 7) is 18.5. The molecule has 28 nitrogen and oxygen atoms in total. The van der Waals surface area contributed by atoms with Crippen molar-refractivity contribution < 1.29 is 62.3 Å². The van der Waals surface area contributed by atoms with Gasteiger partial charge in [-0.05, 0) is 154 Å². The van der Waals surface area contributed by atoms with Gasteiger partial charge in [0.1, 0.15) is 63.5 Å². The van der Waals surface area contributed by atoms with E-state index >= 15 is 13.2 Å². The molecule has 2 atom stereocenters. The number of pyridine rings is 6. The number of aryl methyl sites for hydroxylation is 3. The Morgan fingerprint density at radius 1 is 0.476 bits per heavy atom. The fourth-order valence-corrected chi connectivity index (χ4v) is 15.0. The van der Waals surface area contributed by atoms with Crippen molar-refractivity contribution in [2.24, 2.45) is 0 Å². The van der Waals surface area contributed by atoms with E-state index in [2.05, 4.69) is 64.9 Å². The first kappa shape index (κ1) is 77.1. The predicted molar refractivity (Wildman–Crippen MR) is 464 cm³/mol. The van der Waals surface area contributed by atoms with Crippen LogP contribution in [0.1, 0.15) is 128 Å². The highest BCUT2D eigenvalue weighted by Crippen LogP contribution is 2.41. The number of rotatable bonds is 16. The van der Waals surface area contributed by atoms with Crippen LogP contribution in [0.5, 0.6) is 11.5 Å². The zero-order valence-electron chi connectivity index (χ0n) is 77.6. The molecule has 9 aromatic heterocycles. The molecule has 33 heteroatoms. The fraction of sp³-hybridized carbons (Fsp3) is 0.297. The molecule has 124 heavy (non-hydrogen) atoms. The Bertz CT molecular complexity index is 6870. The topological polar surface area (TPSA) is 322 Å². The van der Waals surface area contributed by atoms with Crippen molar-refractivity contribution in [3.63, 3.8) is 0 Å². The first-order chi connectivity index (χ1) is 62.1. The van der Waals surface area contributed by atoms with Crippen LogP contribution in [0.2, 0.25) is 0 Å². The van der Waals surface area contributed by atoms with E-state index in [4.69, 9.17) is 16.0 Å². The van der Waals surface area contributed by atoms with Gasteiger partial charge in [-0.2, -0.15) is 15.0 Å². The molecule has 0 bridgehead atoms. The van der Waals surface area contributed by atoms with E-state index < -0.39 is 156 Å². The molecule has 0 radical (unpaired) electrons. The molecule has 2 unspecified atom stereocenters. The Morgan fingerprint density at radius 3 is 1.29 bits per heavy atom. The number of anilines is 3. The number of carbonyl (C=O) groups is 4. The van der Waals surface area contributed by atoms with Crippen LogP contribution in [0.3, 0.4) is 0 Å². The molecule has 3 fully saturated rings. The summed E-state index contributed by atoms with van der Waals surface area (Å²) in [7, 11) is 1.50. The second kappa shape index (κ2) is 36.2. The molecule has 3 aliphatic heterocycles. The number of nitrogens with one attached hydrogen (secondary N) is 1. The first-order valence-electron chi connectivity index (χ1n) is 43.3. The van der Waals surface area contributed by atoms with Crippen molar-refractivity contribution in [3.8, 4) is 62.3 Å². The molecule has 15 rings (SSSR count). The maximum Gasteiger partial charge on any atom is 0.355 e. The van der Waals surface area contributed by atoms with E-state index in [1.165, 1.54) is 35.9 Å².